The minimum Gasteiger partial charge on any atom is -0.375 e. The van der Waals surface area contributed by atoms with Crippen LogP contribution in [0.2, 0.25) is 0 Å². The van der Waals surface area contributed by atoms with Crippen LogP contribution in [0.3, 0.4) is 0 Å². The Balaban J connectivity index is 1.64. The van der Waals surface area contributed by atoms with Crippen LogP contribution >= 0.6 is 11.8 Å². The van der Waals surface area contributed by atoms with Gasteiger partial charge in [-0.2, -0.15) is 0 Å². The summed E-state index contributed by atoms with van der Waals surface area (Å²) in [6.07, 6.45) is 0.333. The first-order valence-corrected chi connectivity index (χ1v) is 6.93. The van der Waals surface area contributed by atoms with Crippen LogP contribution < -0.4 is 5.32 Å². The van der Waals surface area contributed by atoms with Crippen molar-refractivity contribution in [3.8, 4) is 0 Å². The number of hydrogen-bond acceptors (Lipinski definition) is 3. The molecule has 3 nitrogen and oxygen atoms in total. The Morgan fingerprint density at radius 3 is 3.12 bits per heavy atom. The van der Waals surface area contributed by atoms with Gasteiger partial charge in [-0.1, -0.05) is 18.2 Å². The van der Waals surface area contributed by atoms with Gasteiger partial charge in [-0.3, -0.25) is 0 Å². The predicted octanol–water partition coefficient (Wildman–Crippen LogP) is 2.25. The van der Waals surface area contributed by atoms with E-state index >= 15 is 0 Å². The number of hydrogen-bond donors (Lipinski definition) is 2. The third kappa shape index (κ3) is 2.65. The van der Waals surface area contributed by atoms with Crippen LogP contribution in [0.15, 0.2) is 35.4 Å². The second kappa shape index (κ2) is 5.12. The number of H-pyrrole nitrogens is 1. The summed E-state index contributed by atoms with van der Waals surface area (Å²) in [6, 6.07) is 10.6. The van der Waals surface area contributed by atoms with Crippen molar-refractivity contribution >= 4 is 22.7 Å². The topological polar surface area (TPSA) is 37.0 Å². The molecule has 4 heteroatoms. The van der Waals surface area contributed by atoms with E-state index < -0.39 is 0 Å². The summed E-state index contributed by atoms with van der Waals surface area (Å²) in [5.74, 6) is 1.000. The number of ether oxygens (including phenoxy) is 1. The molecule has 2 N–H and O–H groups in total. The second-order valence-corrected chi connectivity index (χ2v) is 5.29. The molecule has 3 rings (SSSR count). The van der Waals surface area contributed by atoms with E-state index in [9.17, 15) is 0 Å². The van der Waals surface area contributed by atoms with Crippen LogP contribution in [-0.2, 0) is 4.74 Å². The highest BCUT2D eigenvalue weighted by Crippen LogP contribution is 2.24. The molecule has 1 saturated heterocycles. The van der Waals surface area contributed by atoms with Crippen molar-refractivity contribution in [3.05, 3.63) is 30.3 Å². The van der Waals surface area contributed by atoms with Gasteiger partial charge >= 0.3 is 0 Å². The summed E-state index contributed by atoms with van der Waals surface area (Å²) in [7, 11) is 0. The van der Waals surface area contributed by atoms with Crippen molar-refractivity contribution in [1.29, 1.82) is 0 Å². The highest BCUT2D eigenvalue weighted by atomic mass is 32.2. The van der Waals surface area contributed by atoms with Crippen molar-refractivity contribution in [3.63, 3.8) is 0 Å². The van der Waals surface area contributed by atoms with Gasteiger partial charge in [0.1, 0.15) is 0 Å². The summed E-state index contributed by atoms with van der Waals surface area (Å²) in [5, 5.41) is 5.85. The SMILES string of the molecule is c1ccc2[nH]c(SCC3CNCCO3)cc2c1. The lowest BCUT2D eigenvalue weighted by molar-refractivity contribution is 0.0440. The molecule has 0 saturated carbocycles. The summed E-state index contributed by atoms with van der Waals surface area (Å²) < 4.78 is 5.68. The minimum absolute atomic E-state index is 0.333. The zero-order chi connectivity index (χ0) is 11.5. The maximum Gasteiger partial charge on any atom is 0.0794 e. The third-order valence-electron chi connectivity index (χ3n) is 2.93. The third-order valence-corrected chi connectivity index (χ3v) is 4.00. The van der Waals surface area contributed by atoms with Crippen molar-refractivity contribution in [1.82, 2.24) is 10.3 Å². The van der Waals surface area contributed by atoms with Crippen LogP contribution in [-0.4, -0.2) is 36.5 Å². The molecule has 90 valence electrons. The first-order chi connectivity index (χ1) is 8.42. The molecular weight excluding hydrogens is 232 g/mol. The van der Waals surface area contributed by atoms with Gasteiger partial charge in [0.2, 0.25) is 0 Å². The molecule has 0 bridgehead atoms. The molecule has 1 aliphatic heterocycles. The number of thioether (sulfide) groups is 1. The van der Waals surface area contributed by atoms with Gasteiger partial charge in [-0.05, 0) is 12.1 Å². The van der Waals surface area contributed by atoms with Gasteiger partial charge in [-0.25, -0.2) is 0 Å². The van der Waals surface area contributed by atoms with Gasteiger partial charge in [-0.15, -0.1) is 11.8 Å². The molecule has 1 aromatic carbocycles. The standard InChI is InChI=1S/C13H16N2OS/c1-2-4-12-10(3-1)7-13(15-12)17-9-11-8-14-5-6-16-11/h1-4,7,11,14-15H,5-6,8-9H2. The van der Waals surface area contributed by atoms with Crippen LogP contribution in [0, 0.1) is 0 Å². The molecule has 1 unspecified atom stereocenters. The second-order valence-electron chi connectivity index (χ2n) is 4.23. The molecule has 1 atom stereocenters. The Hall–Kier alpha value is -0.970. The first kappa shape index (κ1) is 11.1. The Bertz CT molecular complexity index is 458. The predicted molar refractivity (Wildman–Crippen MR) is 71.6 cm³/mol. The van der Waals surface area contributed by atoms with Crippen molar-refractivity contribution in [2.45, 2.75) is 11.1 Å². The zero-order valence-electron chi connectivity index (χ0n) is 9.61. The van der Waals surface area contributed by atoms with E-state index in [-0.39, 0.29) is 0 Å². The van der Waals surface area contributed by atoms with Gasteiger partial charge in [0.05, 0.1) is 17.7 Å². The molecule has 1 fully saturated rings. The van der Waals surface area contributed by atoms with Crippen LogP contribution in [0.1, 0.15) is 0 Å². The molecule has 0 amide bonds. The van der Waals surface area contributed by atoms with Gasteiger partial charge < -0.3 is 15.0 Å². The van der Waals surface area contributed by atoms with E-state index in [0.29, 0.717) is 6.10 Å². The quantitative estimate of drug-likeness (QED) is 0.818. The number of nitrogens with one attached hydrogen (secondary N) is 2. The van der Waals surface area contributed by atoms with E-state index in [1.165, 1.54) is 15.9 Å². The average Bonchev–Trinajstić information content (AvgIpc) is 2.80. The monoisotopic (exact) mass is 248 g/mol. The van der Waals surface area contributed by atoms with Crippen LogP contribution in [0.4, 0.5) is 0 Å². The van der Waals surface area contributed by atoms with E-state index in [1.54, 1.807) is 0 Å². The van der Waals surface area contributed by atoms with Crippen LogP contribution in [0.25, 0.3) is 10.9 Å². The highest BCUT2D eigenvalue weighted by Gasteiger charge is 2.13. The van der Waals surface area contributed by atoms with Crippen molar-refractivity contribution in [2.75, 3.05) is 25.4 Å². The summed E-state index contributed by atoms with van der Waals surface area (Å²) >= 11 is 1.83. The smallest absolute Gasteiger partial charge is 0.0794 e. The molecule has 1 aromatic heterocycles. The fourth-order valence-electron chi connectivity index (χ4n) is 2.03. The number of fused-ring (bicyclic) bond motifs is 1. The Morgan fingerprint density at radius 1 is 1.35 bits per heavy atom. The lowest BCUT2D eigenvalue weighted by atomic mass is 10.3. The highest BCUT2D eigenvalue weighted by molar-refractivity contribution is 7.99. The lowest BCUT2D eigenvalue weighted by Gasteiger charge is -2.22. The molecule has 2 aromatic rings. The summed E-state index contributed by atoms with van der Waals surface area (Å²) in [6.45, 7) is 2.78. The van der Waals surface area contributed by atoms with E-state index in [1.807, 2.05) is 11.8 Å². The molecule has 0 radical (unpaired) electrons. The number of benzene rings is 1. The number of para-hydroxylation sites is 1. The molecule has 2 heterocycles. The molecule has 0 aliphatic carbocycles. The van der Waals surface area contributed by atoms with E-state index in [2.05, 4.69) is 40.6 Å². The van der Waals surface area contributed by atoms with Gasteiger partial charge in [0.15, 0.2) is 0 Å². The molecule has 0 spiro atoms. The van der Waals surface area contributed by atoms with E-state index in [4.69, 9.17) is 4.74 Å². The number of aromatic nitrogens is 1. The molecular formula is C13H16N2OS. The molecule has 17 heavy (non-hydrogen) atoms. The largest absolute Gasteiger partial charge is 0.375 e. The minimum atomic E-state index is 0.333. The maximum atomic E-state index is 5.68. The number of rotatable bonds is 3. The first-order valence-electron chi connectivity index (χ1n) is 5.95. The lowest BCUT2D eigenvalue weighted by Crippen LogP contribution is -2.39. The Labute approximate surface area is 105 Å². The van der Waals surface area contributed by atoms with Crippen molar-refractivity contribution in [2.24, 2.45) is 0 Å². The van der Waals surface area contributed by atoms with Crippen LogP contribution in [0.5, 0.6) is 0 Å². The van der Waals surface area contributed by atoms with Gasteiger partial charge in [0, 0.05) is 29.7 Å². The zero-order valence-corrected chi connectivity index (χ0v) is 10.4. The van der Waals surface area contributed by atoms with Crippen molar-refractivity contribution < 1.29 is 4.74 Å². The molecule has 1 aliphatic rings. The van der Waals surface area contributed by atoms with Gasteiger partial charge in [0.25, 0.3) is 0 Å². The number of morpholine rings is 1. The Morgan fingerprint density at radius 2 is 2.29 bits per heavy atom. The normalized spacial score (nSPS) is 20.8. The summed E-state index contributed by atoms with van der Waals surface area (Å²) in [5.41, 5.74) is 1.21. The summed E-state index contributed by atoms with van der Waals surface area (Å²) in [4.78, 5) is 3.42. The fourth-order valence-corrected chi connectivity index (χ4v) is 3.01. The fraction of sp³-hybridized carbons (Fsp3) is 0.385. The van der Waals surface area contributed by atoms with E-state index in [0.717, 1.165) is 25.4 Å². The number of aromatic amines is 1. The average molecular weight is 248 g/mol. The maximum absolute atomic E-state index is 5.68. The Kier molecular flexibility index (Phi) is 3.36.